The van der Waals surface area contributed by atoms with E-state index in [9.17, 15) is 0 Å². The number of hydrogen-bond donors (Lipinski definition) is 1. The fourth-order valence-corrected chi connectivity index (χ4v) is 3.19. The molecule has 2 unspecified atom stereocenters. The van der Waals surface area contributed by atoms with Crippen LogP contribution in [0, 0.1) is 9.49 Å². The summed E-state index contributed by atoms with van der Waals surface area (Å²) in [5, 5.41) is 0. The highest BCUT2D eigenvalue weighted by Gasteiger charge is 2.26. The van der Waals surface area contributed by atoms with Gasteiger partial charge in [0.2, 0.25) is 0 Å². The molecule has 0 saturated carbocycles. The molecule has 0 spiro atoms. The topological polar surface area (TPSA) is 29.3 Å². The fraction of sp³-hybridized carbons (Fsp3) is 0.600. The number of halogens is 1. The highest BCUT2D eigenvalue weighted by atomic mass is 127. The maximum atomic E-state index is 5.95. The number of likely N-dealkylation sites (tertiary alicyclic amines) is 1. The van der Waals surface area contributed by atoms with Gasteiger partial charge < -0.3 is 5.73 Å². The quantitative estimate of drug-likeness (QED) is 0.838. The van der Waals surface area contributed by atoms with E-state index >= 15 is 0 Å². The molecule has 1 aliphatic rings. The first-order valence-electron chi connectivity index (χ1n) is 6.91. The summed E-state index contributed by atoms with van der Waals surface area (Å²) in [6.07, 6.45) is 3.91. The van der Waals surface area contributed by atoms with Crippen LogP contribution in [0.25, 0.3) is 0 Å². The first-order chi connectivity index (χ1) is 8.72. The van der Waals surface area contributed by atoms with Crippen LogP contribution in [-0.2, 0) is 6.54 Å². The molecule has 1 aliphatic heterocycles. The van der Waals surface area contributed by atoms with Gasteiger partial charge in [0.1, 0.15) is 0 Å². The van der Waals surface area contributed by atoms with Gasteiger partial charge in [-0.05, 0) is 65.6 Å². The Hall–Kier alpha value is -0.130. The average Bonchev–Trinajstić information content (AvgIpc) is 2.41. The standard InChI is InChI=1S/C15H23IN2/c1-2-12-7-8-18(15(9-12)10-17)11-13-3-5-14(16)6-4-13/h3-6,12,15H,2,7-11,17H2,1H3. The molecule has 0 bridgehead atoms. The van der Waals surface area contributed by atoms with Crippen LogP contribution in [0.15, 0.2) is 24.3 Å². The Morgan fingerprint density at radius 2 is 2.06 bits per heavy atom. The van der Waals surface area contributed by atoms with Crippen LogP contribution in [-0.4, -0.2) is 24.0 Å². The predicted molar refractivity (Wildman–Crippen MR) is 85.4 cm³/mol. The number of benzene rings is 1. The van der Waals surface area contributed by atoms with Gasteiger partial charge in [0.25, 0.3) is 0 Å². The van der Waals surface area contributed by atoms with Crippen molar-refractivity contribution in [2.45, 2.75) is 38.8 Å². The summed E-state index contributed by atoms with van der Waals surface area (Å²) < 4.78 is 1.30. The molecule has 0 aliphatic carbocycles. The van der Waals surface area contributed by atoms with Crippen molar-refractivity contribution in [3.8, 4) is 0 Å². The molecular weight excluding hydrogens is 335 g/mol. The lowest BCUT2D eigenvalue weighted by atomic mass is 9.88. The molecule has 0 amide bonds. The van der Waals surface area contributed by atoms with E-state index < -0.39 is 0 Å². The molecule has 2 atom stereocenters. The molecule has 100 valence electrons. The van der Waals surface area contributed by atoms with Crippen LogP contribution in [0.3, 0.4) is 0 Å². The number of nitrogens with two attached hydrogens (primary N) is 1. The molecule has 3 heteroatoms. The molecule has 0 radical (unpaired) electrons. The Balaban J connectivity index is 1.97. The van der Waals surface area contributed by atoms with Crippen molar-refractivity contribution >= 4 is 22.6 Å². The van der Waals surface area contributed by atoms with Gasteiger partial charge in [0.15, 0.2) is 0 Å². The number of piperidine rings is 1. The number of nitrogens with zero attached hydrogens (tertiary/aromatic N) is 1. The largest absolute Gasteiger partial charge is 0.329 e. The van der Waals surface area contributed by atoms with Crippen LogP contribution in [0.4, 0.5) is 0 Å². The van der Waals surface area contributed by atoms with Crippen molar-refractivity contribution in [3.05, 3.63) is 33.4 Å². The second kappa shape index (κ2) is 6.87. The molecule has 0 aromatic heterocycles. The second-order valence-corrected chi connectivity index (χ2v) is 6.53. The Morgan fingerprint density at radius 3 is 2.67 bits per heavy atom. The van der Waals surface area contributed by atoms with E-state index in [0.717, 1.165) is 19.0 Å². The van der Waals surface area contributed by atoms with Crippen molar-refractivity contribution in [2.75, 3.05) is 13.1 Å². The van der Waals surface area contributed by atoms with Crippen molar-refractivity contribution in [1.29, 1.82) is 0 Å². The molecule has 1 saturated heterocycles. The Labute approximate surface area is 124 Å². The summed E-state index contributed by atoms with van der Waals surface area (Å²) >= 11 is 2.35. The predicted octanol–water partition coefficient (Wildman–Crippen LogP) is 3.24. The molecule has 2 rings (SSSR count). The first-order valence-corrected chi connectivity index (χ1v) is 7.99. The van der Waals surface area contributed by atoms with Crippen molar-refractivity contribution in [2.24, 2.45) is 11.7 Å². The molecule has 1 fully saturated rings. The average molecular weight is 358 g/mol. The van der Waals surface area contributed by atoms with E-state index in [2.05, 4.69) is 58.7 Å². The highest BCUT2D eigenvalue weighted by molar-refractivity contribution is 14.1. The lowest BCUT2D eigenvalue weighted by Gasteiger charge is -2.38. The molecule has 1 aromatic rings. The molecule has 2 N–H and O–H groups in total. The number of rotatable bonds is 4. The SMILES string of the molecule is CCC1CCN(Cc2ccc(I)cc2)C(CN)C1. The third-order valence-corrected chi connectivity index (χ3v) is 4.81. The zero-order chi connectivity index (χ0) is 13.0. The van der Waals surface area contributed by atoms with E-state index in [1.165, 1.54) is 34.9 Å². The van der Waals surface area contributed by atoms with Gasteiger partial charge in [0, 0.05) is 22.7 Å². The lowest BCUT2D eigenvalue weighted by Crippen LogP contribution is -2.45. The minimum atomic E-state index is 0.572. The van der Waals surface area contributed by atoms with Crippen molar-refractivity contribution in [1.82, 2.24) is 4.90 Å². The van der Waals surface area contributed by atoms with Gasteiger partial charge in [-0.25, -0.2) is 0 Å². The smallest absolute Gasteiger partial charge is 0.0237 e. The summed E-state index contributed by atoms with van der Waals surface area (Å²) in [5.74, 6) is 0.881. The molecule has 2 nitrogen and oxygen atoms in total. The van der Waals surface area contributed by atoms with Gasteiger partial charge in [0.05, 0.1) is 0 Å². The van der Waals surface area contributed by atoms with Gasteiger partial charge >= 0.3 is 0 Å². The van der Waals surface area contributed by atoms with E-state index in [4.69, 9.17) is 5.73 Å². The fourth-order valence-electron chi connectivity index (χ4n) is 2.83. The third kappa shape index (κ3) is 3.68. The Kier molecular flexibility index (Phi) is 5.45. The van der Waals surface area contributed by atoms with E-state index in [1.807, 2.05) is 0 Å². The van der Waals surface area contributed by atoms with E-state index in [1.54, 1.807) is 0 Å². The summed E-state index contributed by atoms with van der Waals surface area (Å²) in [6, 6.07) is 9.42. The molecule has 18 heavy (non-hydrogen) atoms. The van der Waals surface area contributed by atoms with Gasteiger partial charge in [-0.2, -0.15) is 0 Å². The minimum Gasteiger partial charge on any atom is -0.329 e. The maximum Gasteiger partial charge on any atom is 0.0237 e. The first kappa shape index (κ1) is 14.3. The van der Waals surface area contributed by atoms with Crippen LogP contribution in [0.1, 0.15) is 31.7 Å². The molecule has 1 aromatic carbocycles. The lowest BCUT2D eigenvalue weighted by molar-refractivity contribution is 0.107. The van der Waals surface area contributed by atoms with Crippen molar-refractivity contribution < 1.29 is 0 Å². The molecular formula is C15H23IN2. The van der Waals surface area contributed by atoms with Crippen LogP contribution >= 0.6 is 22.6 Å². The number of hydrogen-bond acceptors (Lipinski definition) is 2. The van der Waals surface area contributed by atoms with Crippen LogP contribution in [0.5, 0.6) is 0 Å². The van der Waals surface area contributed by atoms with Crippen molar-refractivity contribution in [3.63, 3.8) is 0 Å². The van der Waals surface area contributed by atoms with Crippen LogP contribution in [0.2, 0.25) is 0 Å². The Morgan fingerprint density at radius 1 is 1.33 bits per heavy atom. The monoisotopic (exact) mass is 358 g/mol. The maximum absolute atomic E-state index is 5.95. The Bertz CT molecular complexity index is 363. The molecule has 1 heterocycles. The summed E-state index contributed by atoms with van der Waals surface area (Å²) in [5.41, 5.74) is 7.35. The van der Waals surface area contributed by atoms with Gasteiger partial charge in [-0.15, -0.1) is 0 Å². The summed E-state index contributed by atoms with van der Waals surface area (Å²) in [6.45, 7) is 5.34. The summed E-state index contributed by atoms with van der Waals surface area (Å²) in [4.78, 5) is 2.56. The van der Waals surface area contributed by atoms with E-state index in [-0.39, 0.29) is 0 Å². The van der Waals surface area contributed by atoms with Gasteiger partial charge in [-0.1, -0.05) is 25.5 Å². The zero-order valence-corrected chi connectivity index (χ0v) is 13.3. The zero-order valence-electron chi connectivity index (χ0n) is 11.1. The second-order valence-electron chi connectivity index (χ2n) is 5.29. The van der Waals surface area contributed by atoms with Crippen LogP contribution < -0.4 is 5.73 Å². The highest BCUT2D eigenvalue weighted by Crippen LogP contribution is 2.26. The third-order valence-electron chi connectivity index (χ3n) is 4.09. The van der Waals surface area contributed by atoms with E-state index in [0.29, 0.717) is 6.04 Å². The van der Waals surface area contributed by atoms with Gasteiger partial charge in [-0.3, -0.25) is 4.90 Å². The summed E-state index contributed by atoms with van der Waals surface area (Å²) in [7, 11) is 0. The normalized spacial score (nSPS) is 25.3. The minimum absolute atomic E-state index is 0.572.